The molecule has 0 amide bonds. The molecule has 31 heavy (non-hydrogen) atoms. The van der Waals surface area contributed by atoms with Crippen LogP contribution in [-0.2, 0) is 0 Å². The molecule has 160 valence electrons. The highest BCUT2D eigenvalue weighted by molar-refractivity contribution is 8.93. The summed E-state index contributed by atoms with van der Waals surface area (Å²) in [6.07, 6.45) is 1.08. The third-order valence-electron chi connectivity index (χ3n) is 4.87. The number of carbonyl (C=O) groups is 1. The van der Waals surface area contributed by atoms with Crippen molar-refractivity contribution in [2.24, 2.45) is 4.99 Å². The van der Waals surface area contributed by atoms with Gasteiger partial charge in [0.25, 0.3) is 0 Å². The van der Waals surface area contributed by atoms with Gasteiger partial charge in [-0.1, -0.05) is 48.2 Å². The molecule has 3 aromatic rings. The van der Waals surface area contributed by atoms with E-state index in [0.717, 1.165) is 40.9 Å². The molecule has 3 aromatic carbocycles. The van der Waals surface area contributed by atoms with Crippen LogP contribution < -0.4 is 9.64 Å². The number of nitrogens with zero attached hydrogens (tertiary/aromatic N) is 2. The van der Waals surface area contributed by atoms with Gasteiger partial charge in [0.05, 0.1) is 6.54 Å². The highest BCUT2D eigenvalue weighted by Gasteiger charge is 2.21. The molecule has 0 aliphatic carbocycles. The molecule has 6 heteroatoms. The van der Waals surface area contributed by atoms with E-state index in [0.29, 0.717) is 11.3 Å². The minimum atomic E-state index is 0. The largest absolute Gasteiger partial charge is 0.457 e. The predicted molar refractivity (Wildman–Crippen MR) is 136 cm³/mol. The van der Waals surface area contributed by atoms with Gasteiger partial charge < -0.3 is 9.64 Å². The van der Waals surface area contributed by atoms with Crippen LogP contribution in [0.1, 0.15) is 22.3 Å². The second kappa shape index (κ2) is 11.2. The van der Waals surface area contributed by atoms with Crippen LogP contribution in [0.2, 0.25) is 0 Å². The average Bonchev–Trinajstić information content (AvgIpc) is 2.80. The number of rotatable bonds is 6. The summed E-state index contributed by atoms with van der Waals surface area (Å²) in [5.41, 5.74) is 2.82. The number of hydrogen-bond acceptors (Lipinski definition) is 5. The quantitative estimate of drug-likeness (QED) is 0.363. The van der Waals surface area contributed by atoms with E-state index in [1.165, 1.54) is 0 Å². The van der Waals surface area contributed by atoms with Crippen molar-refractivity contribution >= 4 is 45.4 Å². The number of para-hydroxylation sites is 2. The molecular formula is C25H25BrN2O2S. The lowest BCUT2D eigenvalue weighted by atomic mass is 10.1. The molecule has 0 unspecified atom stereocenters. The molecule has 0 aromatic heterocycles. The predicted octanol–water partition coefficient (Wildman–Crippen LogP) is 6.55. The number of carbonyl (C=O) groups excluding carboxylic acids is 1. The Morgan fingerprint density at radius 3 is 2.32 bits per heavy atom. The third kappa shape index (κ3) is 5.99. The summed E-state index contributed by atoms with van der Waals surface area (Å²) in [6, 6.07) is 25.1. The van der Waals surface area contributed by atoms with Gasteiger partial charge in [-0.05, 0) is 61.4 Å². The fraction of sp³-hybridized carbons (Fsp3) is 0.200. The van der Waals surface area contributed by atoms with Crippen LogP contribution in [0.4, 0.5) is 5.69 Å². The minimum Gasteiger partial charge on any atom is -0.457 e. The van der Waals surface area contributed by atoms with Gasteiger partial charge in [-0.3, -0.25) is 9.79 Å². The Balaban J connectivity index is 0.00000272. The molecule has 1 aliphatic heterocycles. The number of halogens is 1. The molecule has 1 heterocycles. The summed E-state index contributed by atoms with van der Waals surface area (Å²) in [4.78, 5) is 19.8. The maximum atomic E-state index is 13.1. The molecule has 0 saturated carbocycles. The molecule has 0 fully saturated rings. The number of amidine groups is 1. The fourth-order valence-corrected chi connectivity index (χ4v) is 4.26. The molecule has 0 N–H and O–H groups in total. The van der Waals surface area contributed by atoms with E-state index in [-0.39, 0.29) is 29.3 Å². The van der Waals surface area contributed by atoms with Gasteiger partial charge in [-0.25, -0.2) is 0 Å². The number of benzene rings is 3. The van der Waals surface area contributed by atoms with Crippen LogP contribution in [0.15, 0.2) is 83.9 Å². The average molecular weight is 497 g/mol. The SMILES string of the molecule is Br.Cc1ccccc1N(CC(=O)c1ccc(Oc2ccccc2)cc1)C1=NCCCS1. The maximum absolute atomic E-state index is 13.1. The van der Waals surface area contributed by atoms with Gasteiger partial charge in [-0.15, -0.1) is 17.0 Å². The molecule has 0 saturated heterocycles. The van der Waals surface area contributed by atoms with Crippen molar-refractivity contribution < 1.29 is 9.53 Å². The number of anilines is 1. The molecule has 0 spiro atoms. The molecule has 0 radical (unpaired) electrons. The Kier molecular flexibility index (Phi) is 8.32. The number of hydrogen-bond donors (Lipinski definition) is 0. The first-order chi connectivity index (χ1) is 14.7. The van der Waals surface area contributed by atoms with Crippen LogP contribution in [0.3, 0.4) is 0 Å². The summed E-state index contributed by atoms with van der Waals surface area (Å²) in [5.74, 6) is 2.56. The zero-order valence-corrected chi connectivity index (χ0v) is 19.9. The van der Waals surface area contributed by atoms with Crippen molar-refractivity contribution in [3.05, 3.63) is 90.0 Å². The van der Waals surface area contributed by atoms with Gasteiger partial charge in [0, 0.05) is 23.5 Å². The topological polar surface area (TPSA) is 41.9 Å². The van der Waals surface area contributed by atoms with Crippen molar-refractivity contribution in [3.8, 4) is 11.5 Å². The Bertz CT molecular complexity index is 1040. The van der Waals surface area contributed by atoms with Crippen molar-refractivity contribution in [1.29, 1.82) is 0 Å². The van der Waals surface area contributed by atoms with Gasteiger partial charge in [-0.2, -0.15) is 0 Å². The van der Waals surface area contributed by atoms with Crippen LogP contribution in [0.25, 0.3) is 0 Å². The van der Waals surface area contributed by atoms with Crippen molar-refractivity contribution in [2.75, 3.05) is 23.7 Å². The van der Waals surface area contributed by atoms with E-state index in [4.69, 9.17) is 4.74 Å². The monoisotopic (exact) mass is 496 g/mol. The first kappa shape index (κ1) is 23.1. The minimum absolute atomic E-state index is 0. The zero-order chi connectivity index (χ0) is 20.8. The van der Waals surface area contributed by atoms with Crippen LogP contribution in [0, 0.1) is 6.92 Å². The maximum Gasteiger partial charge on any atom is 0.182 e. The van der Waals surface area contributed by atoms with Crippen LogP contribution in [0.5, 0.6) is 11.5 Å². The van der Waals surface area contributed by atoms with E-state index in [1.54, 1.807) is 11.8 Å². The third-order valence-corrected chi connectivity index (χ3v) is 5.98. The van der Waals surface area contributed by atoms with Crippen LogP contribution >= 0.6 is 28.7 Å². The molecule has 4 nitrogen and oxygen atoms in total. The smallest absolute Gasteiger partial charge is 0.182 e. The second-order valence-electron chi connectivity index (χ2n) is 7.10. The highest BCUT2D eigenvalue weighted by atomic mass is 79.9. The molecular weight excluding hydrogens is 472 g/mol. The zero-order valence-electron chi connectivity index (χ0n) is 17.4. The van der Waals surface area contributed by atoms with Gasteiger partial charge >= 0.3 is 0 Å². The standard InChI is InChI=1S/C25H24N2O2S.BrH/c1-19-8-5-6-11-23(19)27(25-26-16-7-17-30-25)18-24(28)20-12-14-22(15-13-20)29-21-9-3-2-4-10-21;/h2-6,8-15H,7,16-18H2,1H3;1H. The first-order valence-corrected chi connectivity index (χ1v) is 11.1. The summed E-state index contributed by atoms with van der Waals surface area (Å²) in [7, 11) is 0. The summed E-state index contributed by atoms with van der Waals surface area (Å²) in [5, 5.41) is 0.924. The van der Waals surface area contributed by atoms with Crippen molar-refractivity contribution in [3.63, 3.8) is 0 Å². The van der Waals surface area contributed by atoms with Crippen molar-refractivity contribution in [1.82, 2.24) is 0 Å². The van der Waals surface area contributed by atoms with Crippen LogP contribution in [-0.4, -0.2) is 29.8 Å². The number of Topliss-reactive ketones (excluding diaryl/α,β-unsaturated/α-hetero) is 1. The summed E-state index contributed by atoms with van der Waals surface area (Å²) in [6.45, 7) is 3.14. The van der Waals surface area contributed by atoms with Gasteiger partial charge in [0.2, 0.25) is 0 Å². The summed E-state index contributed by atoms with van der Waals surface area (Å²) >= 11 is 1.72. The van der Waals surface area contributed by atoms with E-state index >= 15 is 0 Å². The van der Waals surface area contributed by atoms with E-state index in [2.05, 4.69) is 28.9 Å². The van der Waals surface area contributed by atoms with E-state index in [1.807, 2.05) is 66.7 Å². The lowest BCUT2D eigenvalue weighted by molar-refractivity contribution is 0.100. The Morgan fingerprint density at radius 2 is 1.65 bits per heavy atom. The van der Waals surface area contributed by atoms with Crippen molar-refractivity contribution in [2.45, 2.75) is 13.3 Å². The van der Waals surface area contributed by atoms with Gasteiger partial charge in [0.15, 0.2) is 11.0 Å². The van der Waals surface area contributed by atoms with Gasteiger partial charge in [0.1, 0.15) is 11.5 Å². The normalized spacial score (nSPS) is 13.0. The number of thioether (sulfide) groups is 1. The summed E-state index contributed by atoms with van der Waals surface area (Å²) < 4.78 is 5.83. The lowest BCUT2D eigenvalue weighted by Gasteiger charge is -2.28. The molecule has 4 rings (SSSR count). The highest BCUT2D eigenvalue weighted by Crippen LogP contribution is 2.27. The molecule has 1 aliphatic rings. The number of ketones is 1. The second-order valence-corrected chi connectivity index (χ2v) is 8.16. The Morgan fingerprint density at radius 1 is 0.968 bits per heavy atom. The van der Waals surface area contributed by atoms with E-state index in [9.17, 15) is 4.79 Å². The number of aryl methyl sites for hydroxylation is 1. The van der Waals surface area contributed by atoms with E-state index < -0.39 is 0 Å². The Hall–Kier alpha value is -2.57. The number of ether oxygens (including phenoxy) is 1. The molecule has 0 bridgehead atoms. The Labute approximate surface area is 198 Å². The first-order valence-electron chi connectivity index (χ1n) is 10.1. The molecule has 0 atom stereocenters. The lowest BCUT2D eigenvalue weighted by Crippen LogP contribution is -2.36. The number of aliphatic imine (C=N–C) groups is 1. The fourth-order valence-electron chi connectivity index (χ4n) is 3.30.